The fourth-order valence-corrected chi connectivity index (χ4v) is 1.09. The summed E-state index contributed by atoms with van der Waals surface area (Å²) in [7, 11) is 1.74. The van der Waals surface area contributed by atoms with Crippen molar-refractivity contribution in [3.05, 3.63) is 30.1 Å². The molecule has 3 amide bonds. The predicted octanol–water partition coefficient (Wildman–Crippen LogP) is -0.613. The number of carboxylic acids is 1. The van der Waals surface area contributed by atoms with E-state index in [1.807, 2.05) is 5.32 Å². The van der Waals surface area contributed by atoms with Crippen LogP contribution < -0.4 is 10.6 Å². The molecule has 0 aromatic carbocycles. The van der Waals surface area contributed by atoms with E-state index < -0.39 is 17.9 Å². The molecule has 1 aromatic rings. The van der Waals surface area contributed by atoms with Crippen LogP contribution >= 0.6 is 0 Å². The average Bonchev–Trinajstić information content (AvgIpc) is 2.70. The van der Waals surface area contributed by atoms with Crippen molar-refractivity contribution < 1.29 is 19.5 Å². The second-order valence-corrected chi connectivity index (χ2v) is 3.37. The maximum Gasteiger partial charge on any atom is 0.328 e. The number of imide groups is 1. The first-order chi connectivity index (χ1) is 8.47. The third-order valence-electron chi connectivity index (χ3n) is 1.83. The number of nitrogens with one attached hydrogen (secondary N) is 2. The summed E-state index contributed by atoms with van der Waals surface area (Å²) >= 11 is 0. The van der Waals surface area contributed by atoms with Crippen LogP contribution in [0, 0.1) is 0 Å². The van der Waals surface area contributed by atoms with E-state index in [9.17, 15) is 14.4 Å². The quantitative estimate of drug-likeness (QED) is 0.618. The molecule has 1 heterocycles. The summed E-state index contributed by atoms with van der Waals surface area (Å²) in [4.78, 5) is 32.4. The highest BCUT2D eigenvalue weighted by Crippen LogP contribution is 1.94. The lowest BCUT2D eigenvalue weighted by atomic mass is 10.4. The normalized spacial score (nSPS) is 10.3. The molecule has 0 aliphatic rings. The zero-order valence-electron chi connectivity index (χ0n) is 9.58. The minimum absolute atomic E-state index is 0.218. The van der Waals surface area contributed by atoms with Crippen molar-refractivity contribution in [3.8, 4) is 0 Å². The van der Waals surface area contributed by atoms with E-state index in [2.05, 4.69) is 10.4 Å². The molecule has 0 aliphatic carbocycles. The number of carbonyl (C=O) groups excluding carboxylic acids is 2. The molecule has 0 radical (unpaired) electrons. The van der Waals surface area contributed by atoms with Gasteiger partial charge < -0.3 is 10.4 Å². The molecule has 0 saturated heterocycles. The molecule has 8 heteroatoms. The van der Waals surface area contributed by atoms with Crippen LogP contribution in [0.2, 0.25) is 0 Å². The highest BCUT2D eigenvalue weighted by Gasteiger charge is 2.05. The number of urea groups is 1. The van der Waals surface area contributed by atoms with Crippen LogP contribution in [0.1, 0.15) is 5.56 Å². The van der Waals surface area contributed by atoms with Gasteiger partial charge in [0, 0.05) is 37.5 Å². The van der Waals surface area contributed by atoms with Crippen molar-refractivity contribution in [2.75, 3.05) is 0 Å². The van der Waals surface area contributed by atoms with E-state index in [4.69, 9.17) is 5.11 Å². The molecule has 1 rings (SSSR count). The summed E-state index contributed by atoms with van der Waals surface area (Å²) in [5.41, 5.74) is 0.779. The molecular weight excluding hydrogens is 240 g/mol. The zero-order valence-corrected chi connectivity index (χ0v) is 9.58. The third-order valence-corrected chi connectivity index (χ3v) is 1.83. The van der Waals surface area contributed by atoms with E-state index in [1.54, 1.807) is 24.1 Å². The molecule has 0 bridgehead atoms. The summed E-state index contributed by atoms with van der Waals surface area (Å²) in [6.45, 7) is 0.218. The minimum Gasteiger partial charge on any atom is -0.478 e. The van der Waals surface area contributed by atoms with Crippen molar-refractivity contribution in [1.29, 1.82) is 0 Å². The molecule has 96 valence electrons. The Kier molecular flexibility index (Phi) is 4.61. The van der Waals surface area contributed by atoms with E-state index in [-0.39, 0.29) is 6.54 Å². The van der Waals surface area contributed by atoms with Crippen LogP contribution in [0.5, 0.6) is 0 Å². The smallest absolute Gasteiger partial charge is 0.328 e. The maximum absolute atomic E-state index is 11.2. The summed E-state index contributed by atoms with van der Waals surface area (Å²) in [5.74, 6) is -2.07. The average molecular weight is 252 g/mol. The monoisotopic (exact) mass is 252 g/mol. The van der Waals surface area contributed by atoms with Crippen LogP contribution in [0.3, 0.4) is 0 Å². The van der Waals surface area contributed by atoms with Crippen molar-refractivity contribution >= 4 is 17.9 Å². The number of hydrogen-bond acceptors (Lipinski definition) is 4. The van der Waals surface area contributed by atoms with Gasteiger partial charge in [0.25, 0.3) is 5.91 Å². The fraction of sp³-hybridized carbons (Fsp3) is 0.200. The lowest BCUT2D eigenvalue weighted by Gasteiger charge is -2.02. The van der Waals surface area contributed by atoms with Crippen molar-refractivity contribution in [2.45, 2.75) is 6.54 Å². The first-order valence-corrected chi connectivity index (χ1v) is 4.94. The number of nitrogens with zero attached hydrogens (tertiary/aromatic N) is 2. The second-order valence-electron chi connectivity index (χ2n) is 3.37. The first-order valence-electron chi connectivity index (χ1n) is 4.94. The van der Waals surface area contributed by atoms with Crippen molar-refractivity contribution in [3.63, 3.8) is 0 Å². The Morgan fingerprint density at radius 1 is 1.44 bits per heavy atom. The SMILES string of the molecule is Cn1cc(CNC(=O)NC(=O)C=CC(=O)O)cn1. The molecule has 0 atom stereocenters. The van der Waals surface area contributed by atoms with Gasteiger partial charge in [-0.15, -0.1) is 0 Å². The number of amides is 3. The Hall–Kier alpha value is -2.64. The fourth-order valence-electron chi connectivity index (χ4n) is 1.09. The van der Waals surface area contributed by atoms with Gasteiger partial charge in [0.15, 0.2) is 0 Å². The number of carbonyl (C=O) groups is 3. The van der Waals surface area contributed by atoms with Gasteiger partial charge in [-0.2, -0.15) is 5.10 Å². The zero-order chi connectivity index (χ0) is 13.5. The lowest BCUT2D eigenvalue weighted by Crippen LogP contribution is -2.38. The number of aryl methyl sites for hydroxylation is 1. The number of carboxylic acid groups (broad SMARTS) is 1. The number of rotatable bonds is 4. The van der Waals surface area contributed by atoms with E-state index in [0.29, 0.717) is 6.08 Å². The molecule has 0 aliphatic heterocycles. The molecule has 0 fully saturated rings. The Balaban J connectivity index is 2.33. The Morgan fingerprint density at radius 3 is 2.72 bits per heavy atom. The van der Waals surface area contributed by atoms with Gasteiger partial charge in [-0.25, -0.2) is 9.59 Å². The van der Waals surface area contributed by atoms with Gasteiger partial charge in [-0.05, 0) is 0 Å². The summed E-state index contributed by atoms with van der Waals surface area (Å²) in [5, 5.41) is 16.6. The number of aromatic nitrogens is 2. The highest BCUT2D eigenvalue weighted by molar-refractivity contribution is 6.02. The van der Waals surface area contributed by atoms with Crippen LogP contribution in [0.25, 0.3) is 0 Å². The van der Waals surface area contributed by atoms with E-state index >= 15 is 0 Å². The van der Waals surface area contributed by atoms with Crippen LogP contribution in [0.15, 0.2) is 24.5 Å². The van der Waals surface area contributed by atoms with Gasteiger partial charge >= 0.3 is 12.0 Å². The van der Waals surface area contributed by atoms with Gasteiger partial charge in [-0.3, -0.25) is 14.8 Å². The summed E-state index contributed by atoms with van der Waals surface area (Å²) in [6.07, 6.45) is 4.69. The van der Waals surface area contributed by atoms with Gasteiger partial charge in [-0.1, -0.05) is 0 Å². The number of hydrogen-bond donors (Lipinski definition) is 3. The maximum atomic E-state index is 11.2. The highest BCUT2D eigenvalue weighted by atomic mass is 16.4. The predicted molar refractivity (Wildman–Crippen MR) is 60.4 cm³/mol. The topological polar surface area (TPSA) is 113 Å². The second kappa shape index (κ2) is 6.18. The Labute approximate surface area is 102 Å². The Morgan fingerprint density at radius 2 is 2.17 bits per heavy atom. The molecule has 18 heavy (non-hydrogen) atoms. The third kappa shape index (κ3) is 4.92. The molecule has 0 unspecified atom stereocenters. The van der Waals surface area contributed by atoms with Crippen molar-refractivity contribution in [2.24, 2.45) is 7.05 Å². The standard InChI is InChI=1S/C10H12N4O4/c1-14-6-7(5-12-14)4-11-10(18)13-8(15)2-3-9(16)17/h2-3,5-6H,4H2,1H3,(H,16,17)(H2,11,13,15,18). The van der Waals surface area contributed by atoms with Gasteiger partial charge in [0.1, 0.15) is 0 Å². The summed E-state index contributed by atoms with van der Waals surface area (Å²) in [6, 6.07) is -0.709. The van der Waals surface area contributed by atoms with Gasteiger partial charge in [0.2, 0.25) is 0 Å². The molecule has 8 nitrogen and oxygen atoms in total. The largest absolute Gasteiger partial charge is 0.478 e. The molecular formula is C10H12N4O4. The van der Waals surface area contributed by atoms with E-state index in [1.165, 1.54) is 0 Å². The number of aliphatic carboxylic acids is 1. The summed E-state index contributed by atoms with van der Waals surface area (Å²) < 4.78 is 1.58. The molecule has 0 saturated carbocycles. The van der Waals surface area contributed by atoms with Crippen LogP contribution in [-0.4, -0.2) is 32.8 Å². The van der Waals surface area contributed by atoms with E-state index in [0.717, 1.165) is 11.6 Å². The Bertz CT molecular complexity index is 492. The molecule has 0 spiro atoms. The van der Waals surface area contributed by atoms with Crippen molar-refractivity contribution in [1.82, 2.24) is 20.4 Å². The minimum atomic E-state index is -1.26. The lowest BCUT2D eigenvalue weighted by molar-refractivity contribution is -0.131. The molecule has 3 N–H and O–H groups in total. The van der Waals surface area contributed by atoms with Gasteiger partial charge in [0.05, 0.1) is 6.20 Å². The first kappa shape index (κ1) is 13.4. The van der Waals surface area contributed by atoms with Crippen LogP contribution in [0.4, 0.5) is 4.79 Å². The van der Waals surface area contributed by atoms with Crippen LogP contribution in [-0.2, 0) is 23.2 Å². The molecule has 1 aromatic heterocycles.